The number of benzene rings is 6. The van der Waals surface area contributed by atoms with E-state index in [-0.39, 0.29) is 50.7 Å². The molecular weight excluding hydrogens is 1910 g/mol. The van der Waals surface area contributed by atoms with Gasteiger partial charge in [0.05, 0.1) is 56.1 Å². The second-order valence-electron chi connectivity index (χ2n) is 31.2. The SMILES string of the molecule is CC(CC(CC(CC(CC(CC(C)c1ccc(S(=O)(=O)O)cc1)c1ccc(S(=O)(=O)O)cc1)c1ccc(S(=O)(=O)O)cc1)c1ccc(S(=O)(=O)[O-])cc1)c1ccc(S(=O)(=O)O)cc1)c1ccc(S(=O)(=O)O)cc1.Cc1sc(-c2sc([C+]3S/C(=c4/s/c(=C5/S[C-](c6sc(C)c7c6OCCO7)C6=C5OCCO6)c5c4OCCO5)C4=C3OCCO4)c3c2OCCO3)c2c1OCCO2. The van der Waals surface area contributed by atoms with Crippen molar-refractivity contribution in [3.8, 4) is 55.8 Å². The molecule has 8 aliphatic rings. The monoisotopic (exact) mass is 1990 g/mol. The predicted octanol–water partition coefficient (Wildman–Crippen LogP) is 15.5. The summed E-state index contributed by atoms with van der Waals surface area (Å²) in [5.41, 5.74) is 3.62. The maximum absolute atomic E-state index is 12.2. The summed E-state index contributed by atoms with van der Waals surface area (Å²) in [5.74, 6) is 5.76. The second kappa shape index (κ2) is 36.8. The summed E-state index contributed by atoms with van der Waals surface area (Å²) in [7, 11) is -27.9. The Bertz CT molecular complexity index is 6680. The number of thiophene rings is 4. The van der Waals surface area contributed by atoms with Crippen molar-refractivity contribution in [1.82, 2.24) is 0 Å². The summed E-state index contributed by atoms with van der Waals surface area (Å²) >= 11 is 9.69. The van der Waals surface area contributed by atoms with Crippen LogP contribution in [0.4, 0.5) is 0 Å². The van der Waals surface area contributed by atoms with Crippen molar-refractivity contribution in [2.24, 2.45) is 0 Å². The number of thioether (sulfide) groups is 2. The molecule has 6 unspecified atom stereocenters. The maximum atomic E-state index is 12.2. The average molecular weight is 1990 g/mol. The molecule has 18 rings (SSSR count). The molecule has 0 spiro atoms. The highest BCUT2D eigenvalue weighted by Gasteiger charge is 2.52. The molecule has 42 heteroatoms. The van der Waals surface area contributed by atoms with Gasteiger partial charge in [-0.2, -0.15) is 65.2 Å². The van der Waals surface area contributed by atoms with Crippen LogP contribution >= 0.6 is 68.9 Å². The van der Waals surface area contributed by atoms with Crippen LogP contribution in [0.3, 0.4) is 0 Å². The van der Waals surface area contributed by atoms with E-state index in [1.54, 1.807) is 68.9 Å². The zero-order chi connectivity index (χ0) is 91.0. The zero-order valence-corrected chi connectivity index (χ0v) is 78.5. The van der Waals surface area contributed by atoms with E-state index in [4.69, 9.17) is 56.8 Å². The normalized spacial score (nSPS) is 18.4. The highest BCUT2D eigenvalue weighted by Crippen LogP contribution is 2.65. The van der Waals surface area contributed by atoms with Gasteiger partial charge in [0.1, 0.15) is 109 Å². The Hall–Kier alpha value is -9.16. The Morgan fingerprint density at radius 1 is 0.341 bits per heavy atom. The third-order valence-corrected chi connectivity index (χ3v) is 35.6. The minimum absolute atomic E-state index is 0.183. The fourth-order valence-corrected chi connectivity index (χ4v) is 27.0. The van der Waals surface area contributed by atoms with Crippen LogP contribution in [0, 0.1) is 24.3 Å². The van der Waals surface area contributed by atoms with Gasteiger partial charge in [0.15, 0.2) is 28.2 Å². The van der Waals surface area contributed by atoms with Crippen molar-refractivity contribution < 1.29 is 135 Å². The molecule has 682 valence electrons. The van der Waals surface area contributed by atoms with Crippen LogP contribution in [-0.4, -0.2) is 157 Å². The molecule has 4 aromatic heterocycles. The lowest BCUT2D eigenvalue weighted by atomic mass is 9.72. The van der Waals surface area contributed by atoms with Crippen LogP contribution in [0.15, 0.2) is 198 Å². The lowest BCUT2D eigenvalue weighted by Crippen LogP contribution is -2.21. The molecule has 6 aromatic carbocycles. The number of rotatable bonds is 25. The Balaban J connectivity index is 0.000000186. The molecule has 6 atom stereocenters. The van der Waals surface area contributed by atoms with Gasteiger partial charge in [-0.1, -0.05) is 98.0 Å². The Kier molecular flexibility index (Phi) is 26.1. The molecule has 0 amide bonds. The van der Waals surface area contributed by atoms with Crippen LogP contribution in [-0.2, 0) is 79.7 Å². The molecule has 0 saturated heterocycles. The van der Waals surface area contributed by atoms with Crippen LogP contribution < -0.4 is 47.0 Å². The number of hydrogen-bond acceptors (Lipinski definition) is 31. The maximum Gasteiger partial charge on any atom is 0.294 e. The van der Waals surface area contributed by atoms with Gasteiger partial charge in [-0.05, 0) is 198 Å². The van der Waals surface area contributed by atoms with Crippen molar-refractivity contribution in [1.29, 1.82) is 0 Å². The van der Waals surface area contributed by atoms with Crippen LogP contribution in [0.25, 0.3) is 19.6 Å². The van der Waals surface area contributed by atoms with Gasteiger partial charge >= 0.3 is 0 Å². The van der Waals surface area contributed by atoms with Crippen LogP contribution in [0.1, 0.15) is 134 Å². The molecule has 30 nitrogen and oxygen atoms in total. The summed E-state index contributed by atoms with van der Waals surface area (Å²) in [6, 6.07) is 32.8. The van der Waals surface area contributed by atoms with Crippen molar-refractivity contribution in [3.63, 3.8) is 0 Å². The van der Waals surface area contributed by atoms with E-state index >= 15 is 0 Å². The molecule has 0 saturated carbocycles. The molecule has 0 radical (unpaired) electrons. The van der Waals surface area contributed by atoms with Gasteiger partial charge in [-0.25, -0.2) is 8.42 Å². The average Bonchev–Trinajstić information content (AvgIpc) is 1.57. The van der Waals surface area contributed by atoms with Gasteiger partial charge in [0.25, 0.3) is 67.9 Å². The highest BCUT2D eigenvalue weighted by atomic mass is 32.2. The molecule has 0 aliphatic carbocycles. The van der Waals surface area contributed by atoms with E-state index in [0.29, 0.717) is 172 Å². The summed E-state index contributed by atoms with van der Waals surface area (Å²) < 4.78 is 283. The van der Waals surface area contributed by atoms with Gasteiger partial charge in [0, 0.05) is 26.4 Å². The number of hydrogen-bond donors (Lipinski definition) is 5. The number of fused-ring (bicyclic) bond motifs is 4. The molecule has 12 heterocycles. The lowest BCUT2D eigenvalue weighted by molar-refractivity contribution is 0.0771. The summed E-state index contributed by atoms with van der Waals surface area (Å²) in [6.45, 7) is 13.3. The first-order valence-corrected chi connectivity index (χ1v) is 53.8. The van der Waals surface area contributed by atoms with Crippen LogP contribution in [0.5, 0.6) is 46.0 Å². The molecule has 129 heavy (non-hydrogen) atoms. The van der Waals surface area contributed by atoms with Gasteiger partial charge in [-0.3, -0.25) is 22.8 Å². The van der Waals surface area contributed by atoms with Gasteiger partial charge in [0.2, 0.25) is 10.6 Å². The third-order valence-electron chi connectivity index (χ3n) is 22.8. The third kappa shape index (κ3) is 19.4. The Labute approximate surface area is 768 Å². The molecular formula is C87H81O30S12-. The first-order chi connectivity index (χ1) is 61.4. The van der Waals surface area contributed by atoms with E-state index in [1.807, 2.05) is 13.8 Å². The zero-order valence-electron chi connectivity index (χ0n) is 68.7. The topological polar surface area (TPSA) is 440 Å². The minimum atomic E-state index is -4.91. The quantitative estimate of drug-likeness (QED) is 0.0262. The van der Waals surface area contributed by atoms with Crippen molar-refractivity contribution in [2.45, 2.75) is 125 Å². The smallest absolute Gasteiger partial charge is 0.294 e. The fourth-order valence-electron chi connectivity index (χ4n) is 16.7. The molecule has 8 aliphatic heterocycles. The number of aryl methyl sites for hydroxylation is 2. The summed E-state index contributed by atoms with van der Waals surface area (Å²) in [6.07, 6.45) is 1.24. The van der Waals surface area contributed by atoms with Crippen LogP contribution in [0.2, 0.25) is 0 Å². The van der Waals surface area contributed by atoms with Gasteiger partial charge in [-0.15, -0.1) is 22.7 Å². The second-order valence-corrected chi connectivity index (χ2v) is 46.2. The van der Waals surface area contributed by atoms with Gasteiger partial charge < -0.3 is 61.4 Å². The highest BCUT2D eigenvalue weighted by molar-refractivity contribution is 8.12. The summed E-state index contributed by atoms with van der Waals surface area (Å²) in [5, 5.41) is 1.85. The standard InChI is InChI=1S/C49H52O18S6.C38H30O12S6/c1-32(34-3-15-44(16-4-34)68(50,51)52)27-40(36-7-19-46(20-8-36)70(56,57)58)29-42(38-11-23-48(24-12-38)72(62,63)64)31-43(39-13-25-49(26-14-39)73(65,66)67)30-41(37-9-21-47(22-10-37)71(59,60)61)28-33(2)35-5-17-45(18-6-35)69(53,54)55;1-15-17-19(41-5-3-39-17)29(51-15)31-21-23(45-9-7-43-21)33(53-31)35-25-27(49-13-11-47-25)37(55-35)38-28-26(48-12-14-50-28)36(56-38)34-24-22(44-8-10-46-24)32(54-34)30-20-18(16(2)52-30)40-4-6-42-20/h3-26,32-33,40-43H,27-31H2,1-2H3,(H,50,51,52)(H,53,54,55)(H,56,57,58)(H,59,60,61)(H,62,63,64)(H,65,66,67);3-14H2,1-2H3/p-1/b;35-33+,38-37+. The van der Waals surface area contributed by atoms with Crippen molar-refractivity contribution >= 4 is 139 Å². The molecule has 0 bridgehead atoms. The Morgan fingerprint density at radius 2 is 0.659 bits per heavy atom. The molecule has 5 N–H and O–H groups in total. The van der Waals surface area contributed by atoms with E-state index < -0.39 is 94.2 Å². The van der Waals surface area contributed by atoms with E-state index in [0.717, 1.165) is 93.8 Å². The minimum Gasteiger partial charge on any atom is -0.744 e. The van der Waals surface area contributed by atoms with E-state index in [9.17, 15) is 77.8 Å². The molecule has 0 fully saturated rings. The summed E-state index contributed by atoms with van der Waals surface area (Å²) in [4.78, 5) is 5.37. The fraction of sp³-hybridized carbons (Fsp3) is 0.310. The molecule has 10 aromatic rings. The lowest BCUT2D eigenvalue weighted by Gasteiger charge is -2.32. The van der Waals surface area contributed by atoms with E-state index in [2.05, 4.69) is 13.8 Å². The largest absolute Gasteiger partial charge is 0.744 e. The first-order valence-electron chi connectivity index (χ1n) is 40.3. The van der Waals surface area contributed by atoms with E-state index in [1.165, 1.54) is 133 Å². The van der Waals surface area contributed by atoms with Crippen molar-refractivity contribution in [2.75, 3.05) is 79.3 Å². The first kappa shape index (κ1) is 91.7. The number of ether oxygens (including phenoxy) is 12. The predicted molar refractivity (Wildman–Crippen MR) is 480 cm³/mol. The Morgan fingerprint density at radius 3 is 1.09 bits per heavy atom. The van der Waals surface area contributed by atoms with Crippen molar-refractivity contribution in [3.05, 3.63) is 241 Å².